The molecule has 0 bridgehead atoms. The summed E-state index contributed by atoms with van der Waals surface area (Å²) in [7, 11) is 4.76. The zero-order chi connectivity index (χ0) is 14.4. The van der Waals surface area contributed by atoms with Crippen molar-refractivity contribution in [3.63, 3.8) is 0 Å². The molecule has 1 aromatic carbocycles. The lowest BCUT2D eigenvalue weighted by Gasteiger charge is -2.21. The van der Waals surface area contributed by atoms with Gasteiger partial charge in [-0.2, -0.15) is 0 Å². The van der Waals surface area contributed by atoms with Gasteiger partial charge in [0, 0.05) is 12.1 Å². The Hall–Kier alpha value is -1.46. The number of rotatable bonds is 7. The molecule has 0 spiro atoms. The third-order valence-electron chi connectivity index (χ3n) is 3.00. The summed E-state index contributed by atoms with van der Waals surface area (Å²) in [6.07, 6.45) is 0. The Morgan fingerprint density at radius 3 is 1.95 bits per heavy atom. The molecule has 0 heterocycles. The largest absolute Gasteiger partial charge is 0.493 e. The third-order valence-corrected chi connectivity index (χ3v) is 3.00. The average molecular weight is 269 g/mol. The summed E-state index contributed by atoms with van der Waals surface area (Å²) in [6, 6.07) is 3.90. The number of nitrogens with one attached hydrogen (secondary N) is 1. The van der Waals surface area contributed by atoms with Crippen LogP contribution in [0.25, 0.3) is 0 Å². The van der Waals surface area contributed by atoms with Gasteiger partial charge in [-0.15, -0.1) is 0 Å². The molecule has 1 unspecified atom stereocenters. The summed E-state index contributed by atoms with van der Waals surface area (Å²) in [4.78, 5) is 0. The van der Waals surface area contributed by atoms with E-state index in [9.17, 15) is 0 Å². The first-order valence-corrected chi connectivity index (χ1v) is 6.24. The molecule has 0 saturated heterocycles. The minimum Gasteiger partial charge on any atom is -0.493 e. The van der Waals surface area contributed by atoms with Crippen LogP contribution in [0.2, 0.25) is 0 Å². The van der Waals surface area contributed by atoms with E-state index in [2.05, 4.69) is 5.32 Å². The van der Waals surface area contributed by atoms with Crippen molar-refractivity contribution in [3.05, 3.63) is 17.7 Å². The van der Waals surface area contributed by atoms with Gasteiger partial charge in [0.2, 0.25) is 5.75 Å². The molecule has 2 atom stereocenters. The molecule has 0 radical (unpaired) electrons. The van der Waals surface area contributed by atoms with E-state index in [1.807, 2.05) is 26.0 Å². The first-order chi connectivity index (χ1) is 9.07. The van der Waals surface area contributed by atoms with Crippen LogP contribution in [0.4, 0.5) is 0 Å². The first-order valence-electron chi connectivity index (χ1n) is 6.24. The monoisotopic (exact) mass is 269 g/mol. The summed E-state index contributed by atoms with van der Waals surface area (Å²) >= 11 is 0. The standard InChI is InChI=1S/C14H23NO4/c1-9(8-16)15-10(2)11-6-12(17-3)14(19-5)13(7-11)18-4/h6-7,9-10,15-16H,8H2,1-5H3/t9-,10?/m1/s1. The Bertz CT molecular complexity index is 383. The highest BCUT2D eigenvalue weighted by Gasteiger charge is 2.17. The molecule has 0 amide bonds. The molecule has 0 aromatic heterocycles. The molecule has 0 saturated carbocycles. The molecule has 0 aliphatic heterocycles. The van der Waals surface area contributed by atoms with Crippen LogP contribution in [0.5, 0.6) is 17.2 Å². The molecule has 1 aromatic rings. The molecule has 5 nitrogen and oxygen atoms in total. The highest BCUT2D eigenvalue weighted by Crippen LogP contribution is 2.39. The molecule has 5 heteroatoms. The normalized spacial score (nSPS) is 13.8. The molecule has 1 rings (SSSR count). The van der Waals surface area contributed by atoms with Crippen LogP contribution in [0, 0.1) is 0 Å². The fourth-order valence-corrected chi connectivity index (χ4v) is 1.93. The SMILES string of the molecule is COc1cc(C(C)N[C@H](C)CO)cc(OC)c1OC. The Balaban J connectivity index is 3.08. The van der Waals surface area contributed by atoms with Gasteiger partial charge in [-0.25, -0.2) is 0 Å². The Kier molecular flexibility index (Phi) is 5.92. The number of aliphatic hydroxyl groups excluding tert-OH is 1. The fraction of sp³-hybridized carbons (Fsp3) is 0.571. The number of hydrogen-bond donors (Lipinski definition) is 2. The van der Waals surface area contributed by atoms with E-state index in [0.29, 0.717) is 17.2 Å². The molecule has 0 fully saturated rings. The molecule has 108 valence electrons. The topological polar surface area (TPSA) is 60.0 Å². The number of hydrogen-bond acceptors (Lipinski definition) is 5. The van der Waals surface area contributed by atoms with E-state index in [1.165, 1.54) is 0 Å². The molecule has 0 aliphatic carbocycles. The number of aliphatic hydroxyl groups is 1. The van der Waals surface area contributed by atoms with Gasteiger partial charge in [-0.1, -0.05) is 0 Å². The molecular formula is C14H23NO4. The van der Waals surface area contributed by atoms with Crippen LogP contribution in [-0.4, -0.2) is 39.1 Å². The quantitative estimate of drug-likeness (QED) is 0.789. The van der Waals surface area contributed by atoms with Gasteiger partial charge in [-0.3, -0.25) is 0 Å². The second-order valence-corrected chi connectivity index (χ2v) is 4.43. The predicted octanol–water partition coefficient (Wildman–Crippen LogP) is 1.74. The van der Waals surface area contributed by atoms with Crippen molar-refractivity contribution in [1.82, 2.24) is 5.32 Å². The third kappa shape index (κ3) is 3.75. The highest BCUT2D eigenvalue weighted by atomic mass is 16.5. The van der Waals surface area contributed by atoms with Gasteiger partial charge in [0.05, 0.1) is 27.9 Å². The molecule has 2 N–H and O–H groups in total. The zero-order valence-corrected chi connectivity index (χ0v) is 12.2. The number of ether oxygens (including phenoxy) is 3. The average Bonchev–Trinajstić information content (AvgIpc) is 2.44. The highest BCUT2D eigenvalue weighted by molar-refractivity contribution is 5.54. The van der Waals surface area contributed by atoms with Crippen molar-refractivity contribution in [2.45, 2.75) is 25.9 Å². The number of methoxy groups -OCH3 is 3. The smallest absolute Gasteiger partial charge is 0.203 e. The Morgan fingerprint density at radius 2 is 1.58 bits per heavy atom. The van der Waals surface area contributed by atoms with E-state index >= 15 is 0 Å². The maximum Gasteiger partial charge on any atom is 0.203 e. The van der Waals surface area contributed by atoms with E-state index < -0.39 is 0 Å². The van der Waals surface area contributed by atoms with Gasteiger partial charge < -0.3 is 24.6 Å². The van der Waals surface area contributed by atoms with Gasteiger partial charge in [0.15, 0.2) is 11.5 Å². The van der Waals surface area contributed by atoms with Crippen molar-refractivity contribution in [2.24, 2.45) is 0 Å². The minimum absolute atomic E-state index is 0.0223. The van der Waals surface area contributed by atoms with Crippen molar-refractivity contribution in [3.8, 4) is 17.2 Å². The van der Waals surface area contributed by atoms with Crippen molar-refractivity contribution in [2.75, 3.05) is 27.9 Å². The maximum absolute atomic E-state index is 9.08. The van der Waals surface area contributed by atoms with E-state index in [4.69, 9.17) is 19.3 Å². The summed E-state index contributed by atoms with van der Waals surface area (Å²) in [6.45, 7) is 4.04. The lowest BCUT2D eigenvalue weighted by molar-refractivity contribution is 0.243. The van der Waals surface area contributed by atoms with Crippen molar-refractivity contribution >= 4 is 0 Å². The van der Waals surface area contributed by atoms with Crippen LogP contribution >= 0.6 is 0 Å². The van der Waals surface area contributed by atoms with Gasteiger partial charge in [0.25, 0.3) is 0 Å². The summed E-state index contributed by atoms with van der Waals surface area (Å²) in [5.74, 6) is 1.83. The summed E-state index contributed by atoms with van der Waals surface area (Å²) in [5, 5.41) is 12.4. The first kappa shape index (κ1) is 15.6. The minimum atomic E-state index is 0.0223. The van der Waals surface area contributed by atoms with Crippen LogP contribution in [0.3, 0.4) is 0 Å². The molecule has 0 aliphatic rings. The van der Waals surface area contributed by atoms with E-state index in [1.54, 1.807) is 21.3 Å². The lowest BCUT2D eigenvalue weighted by atomic mass is 10.1. The van der Waals surface area contributed by atoms with Crippen molar-refractivity contribution in [1.29, 1.82) is 0 Å². The predicted molar refractivity (Wildman–Crippen MR) is 74.2 cm³/mol. The zero-order valence-electron chi connectivity index (χ0n) is 12.2. The van der Waals surface area contributed by atoms with Crippen LogP contribution in [-0.2, 0) is 0 Å². The van der Waals surface area contributed by atoms with Crippen LogP contribution < -0.4 is 19.5 Å². The van der Waals surface area contributed by atoms with Gasteiger partial charge in [0.1, 0.15) is 0 Å². The van der Waals surface area contributed by atoms with Crippen LogP contribution in [0.1, 0.15) is 25.5 Å². The second kappa shape index (κ2) is 7.21. The summed E-state index contributed by atoms with van der Waals surface area (Å²) in [5.41, 5.74) is 1.01. The fourth-order valence-electron chi connectivity index (χ4n) is 1.93. The van der Waals surface area contributed by atoms with Crippen molar-refractivity contribution < 1.29 is 19.3 Å². The summed E-state index contributed by atoms with van der Waals surface area (Å²) < 4.78 is 15.9. The maximum atomic E-state index is 9.08. The molecule has 19 heavy (non-hydrogen) atoms. The Morgan fingerprint density at radius 1 is 1.05 bits per heavy atom. The number of benzene rings is 1. The Labute approximate surface area is 114 Å². The van der Waals surface area contributed by atoms with Gasteiger partial charge in [-0.05, 0) is 31.5 Å². The lowest BCUT2D eigenvalue weighted by Crippen LogP contribution is -2.31. The van der Waals surface area contributed by atoms with E-state index in [-0.39, 0.29) is 18.7 Å². The van der Waals surface area contributed by atoms with Gasteiger partial charge >= 0.3 is 0 Å². The van der Waals surface area contributed by atoms with Crippen LogP contribution in [0.15, 0.2) is 12.1 Å². The molecular weight excluding hydrogens is 246 g/mol. The second-order valence-electron chi connectivity index (χ2n) is 4.43. The van der Waals surface area contributed by atoms with E-state index in [0.717, 1.165) is 5.56 Å².